The van der Waals surface area contributed by atoms with Crippen molar-refractivity contribution in [1.29, 1.82) is 0 Å². The van der Waals surface area contributed by atoms with Crippen LogP contribution >= 0.6 is 0 Å². The number of hydrogen-bond acceptors (Lipinski definition) is 5. The average Bonchev–Trinajstić information content (AvgIpc) is 3.22. The van der Waals surface area contributed by atoms with Crippen molar-refractivity contribution >= 4 is 17.0 Å². The molecule has 172 valence electrons. The van der Waals surface area contributed by atoms with Crippen molar-refractivity contribution in [2.45, 2.75) is 50.7 Å². The standard InChI is InChI=1S/C27H26FN5O/c28-21-11-7-10-20(18-21)25-32-23-24(29)30-22(12-16-27(34)14-5-2-6-15-27)31-26(23)33(25)17-13-19-8-3-1-4-9-19/h1,3-4,7-11,18,34H,2,5-6,13-15,17H2,(H2,29,30,31). The van der Waals surface area contributed by atoms with Gasteiger partial charge in [-0.3, -0.25) is 0 Å². The first-order valence-corrected chi connectivity index (χ1v) is 11.6. The minimum atomic E-state index is -1.01. The lowest BCUT2D eigenvalue weighted by Gasteiger charge is -2.26. The van der Waals surface area contributed by atoms with E-state index in [1.54, 1.807) is 6.07 Å². The molecule has 0 atom stereocenters. The fraction of sp³-hybridized carbons (Fsp3) is 0.296. The van der Waals surface area contributed by atoms with Crippen LogP contribution in [0.15, 0.2) is 54.6 Å². The van der Waals surface area contributed by atoms with Gasteiger partial charge in [-0.25, -0.2) is 19.3 Å². The van der Waals surface area contributed by atoms with Crippen LogP contribution in [0.2, 0.25) is 0 Å². The van der Waals surface area contributed by atoms with Gasteiger partial charge in [0.05, 0.1) is 0 Å². The molecule has 34 heavy (non-hydrogen) atoms. The first kappa shape index (κ1) is 22.1. The molecule has 3 N–H and O–H groups in total. The number of aliphatic hydroxyl groups is 1. The third-order valence-electron chi connectivity index (χ3n) is 6.26. The third-order valence-corrected chi connectivity index (χ3v) is 6.26. The van der Waals surface area contributed by atoms with E-state index in [4.69, 9.17) is 5.73 Å². The Bertz CT molecular complexity index is 1380. The quantitative estimate of drug-likeness (QED) is 0.442. The Morgan fingerprint density at radius 3 is 2.56 bits per heavy atom. The van der Waals surface area contributed by atoms with Crippen molar-refractivity contribution < 1.29 is 9.50 Å². The van der Waals surface area contributed by atoms with E-state index in [2.05, 4.69) is 38.9 Å². The zero-order chi connectivity index (χ0) is 23.5. The highest BCUT2D eigenvalue weighted by Gasteiger charge is 2.27. The SMILES string of the molecule is Nc1nc(C#CC2(O)CCCCC2)nc2c1nc(-c1cccc(F)c1)n2CCc1ccccc1. The van der Waals surface area contributed by atoms with Crippen LogP contribution in [-0.2, 0) is 13.0 Å². The maximum atomic E-state index is 14.0. The number of rotatable bonds is 4. The minimum Gasteiger partial charge on any atom is -0.382 e. The summed E-state index contributed by atoms with van der Waals surface area (Å²) in [7, 11) is 0. The largest absolute Gasteiger partial charge is 0.382 e. The van der Waals surface area contributed by atoms with Gasteiger partial charge in [0.1, 0.15) is 17.2 Å². The fourth-order valence-corrected chi connectivity index (χ4v) is 4.46. The second kappa shape index (κ2) is 9.24. The Balaban J connectivity index is 1.59. The lowest BCUT2D eigenvalue weighted by molar-refractivity contribution is 0.0610. The molecule has 0 aliphatic heterocycles. The monoisotopic (exact) mass is 455 g/mol. The molecule has 4 aromatic rings. The minimum absolute atomic E-state index is 0.209. The molecule has 0 amide bonds. The van der Waals surface area contributed by atoms with Gasteiger partial charge in [-0.15, -0.1) is 0 Å². The first-order chi connectivity index (χ1) is 16.5. The Hall–Kier alpha value is -3.76. The molecule has 1 fully saturated rings. The molecule has 1 aliphatic carbocycles. The number of anilines is 1. The molecule has 5 rings (SSSR count). The topological polar surface area (TPSA) is 89.8 Å². The number of nitrogen functional groups attached to an aromatic ring is 1. The van der Waals surface area contributed by atoms with Gasteiger partial charge >= 0.3 is 0 Å². The predicted molar refractivity (Wildman–Crippen MR) is 130 cm³/mol. The van der Waals surface area contributed by atoms with E-state index in [0.717, 1.165) is 31.2 Å². The van der Waals surface area contributed by atoms with Crippen LogP contribution in [0, 0.1) is 17.7 Å². The molecule has 0 radical (unpaired) electrons. The van der Waals surface area contributed by atoms with Crippen LogP contribution in [0.4, 0.5) is 10.2 Å². The average molecular weight is 456 g/mol. The number of nitrogens with zero attached hydrogens (tertiary/aromatic N) is 4. The highest BCUT2D eigenvalue weighted by Crippen LogP contribution is 2.29. The van der Waals surface area contributed by atoms with Gasteiger partial charge < -0.3 is 15.4 Å². The molecule has 6 nitrogen and oxygen atoms in total. The number of aromatic nitrogens is 4. The number of benzene rings is 2. The highest BCUT2D eigenvalue weighted by molar-refractivity contribution is 5.85. The van der Waals surface area contributed by atoms with Crippen LogP contribution < -0.4 is 5.73 Å². The van der Waals surface area contributed by atoms with Crippen LogP contribution in [0.25, 0.3) is 22.6 Å². The van der Waals surface area contributed by atoms with Gasteiger partial charge in [0.2, 0.25) is 5.82 Å². The maximum Gasteiger partial charge on any atom is 0.209 e. The van der Waals surface area contributed by atoms with Crippen molar-refractivity contribution in [3.05, 3.63) is 71.8 Å². The molecule has 2 aromatic carbocycles. The molecule has 0 unspecified atom stereocenters. The summed E-state index contributed by atoms with van der Waals surface area (Å²) < 4.78 is 16.0. The summed E-state index contributed by atoms with van der Waals surface area (Å²) in [6.07, 6.45) is 5.06. The maximum absolute atomic E-state index is 14.0. The third kappa shape index (κ3) is 4.63. The van der Waals surface area contributed by atoms with E-state index < -0.39 is 5.60 Å². The van der Waals surface area contributed by atoms with Crippen LogP contribution in [0.5, 0.6) is 0 Å². The molecular formula is C27H26FN5O. The van der Waals surface area contributed by atoms with Crippen molar-refractivity contribution in [2.75, 3.05) is 5.73 Å². The molecule has 0 saturated heterocycles. The number of hydrogen-bond donors (Lipinski definition) is 2. The predicted octanol–water partition coefficient (Wildman–Crippen LogP) is 4.50. The molecule has 2 aromatic heterocycles. The van der Waals surface area contributed by atoms with E-state index in [1.807, 2.05) is 28.8 Å². The Kier molecular flexibility index (Phi) is 5.99. The Labute approximate surface area is 197 Å². The smallest absolute Gasteiger partial charge is 0.209 e. The van der Waals surface area contributed by atoms with Crippen molar-refractivity contribution in [2.24, 2.45) is 0 Å². The molecule has 1 saturated carbocycles. The van der Waals surface area contributed by atoms with E-state index in [1.165, 1.54) is 12.1 Å². The van der Waals surface area contributed by atoms with E-state index >= 15 is 0 Å². The molecule has 0 bridgehead atoms. The van der Waals surface area contributed by atoms with Crippen LogP contribution in [-0.4, -0.2) is 30.2 Å². The molecule has 0 spiro atoms. The number of fused-ring (bicyclic) bond motifs is 1. The highest BCUT2D eigenvalue weighted by atomic mass is 19.1. The molecular weight excluding hydrogens is 429 g/mol. The van der Waals surface area contributed by atoms with Gasteiger partial charge in [0.15, 0.2) is 17.0 Å². The van der Waals surface area contributed by atoms with Crippen molar-refractivity contribution in [3.8, 4) is 23.2 Å². The summed E-state index contributed by atoms with van der Waals surface area (Å²) >= 11 is 0. The van der Waals surface area contributed by atoms with Gasteiger partial charge in [0, 0.05) is 12.1 Å². The second-order valence-corrected chi connectivity index (χ2v) is 8.78. The van der Waals surface area contributed by atoms with E-state index in [9.17, 15) is 9.50 Å². The first-order valence-electron chi connectivity index (χ1n) is 11.6. The summed E-state index contributed by atoms with van der Waals surface area (Å²) in [4.78, 5) is 13.7. The fourth-order valence-electron chi connectivity index (χ4n) is 4.46. The summed E-state index contributed by atoms with van der Waals surface area (Å²) in [6, 6.07) is 16.4. The Morgan fingerprint density at radius 2 is 1.79 bits per heavy atom. The van der Waals surface area contributed by atoms with Gasteiger partial charge in [-0.1, -0.05) is 54.8 Å². The van der Waals surface area contributed by atoms with Gasteiger partial charge in [0.25, 0.3) is 0 Å². The number of aryl methyl sites for hydroxylation is 2. The normalized spacial score (nSPS) is 15.1. The Morgan fingerprint density at radius 1 is 1.00 bits per heavy atom. The molecule has 7 heteroatoms. The lowest BCUT2D eigenvalue weighted by atomic mass is 9.85. The second-order valence-electron chi connectivity index (χ2n) is 8.78. The zero-order valence-electron chi connectivity index (χ0n) is 18.8. The summed E-state index contributed by atoms with van der Waals surface area (Å²) in [6.45, 7) is 0.569. The lowest BCUT2D eigenvalue weighted by Crippen LogP contribution is -2.29. The number of nitrogens with two attached hydrogens (primary N) is 1. The number of halogens is 1. The van der Waals surface area contributed by atoms with E-state index in [0.29, 0.717) is 41.9 Å². The molecule has 1 aliphatic rings. The van der Waals surface area contributed by atoms with Gasteiger partial charge in [-0.05, 0) is 55.7 Å². The summed E-state index contributed by atoms with van der Waals surface area (Å²) in [5, 5.41) is 10.7. The number of imidazole rings is 1. The van der Waals surface area contributed by atoms with E-state index in [-0.39, 0.29) is 17.5 Å². The van der Waals surface area contributed by atoms with Crippen molar-refractivity contribution in [3.63, 3.8) is 0 Å². The van der Waals surface area contributed by atoms with Gasteiger partial charge in [-0.2, -0.15) is 0 Å². The zero-order valence-corrected chi connectivity index (χ0v) is 18.8. The van der Waals surface area contributed by atoms with Crippen molar-refractivity contribution in [1.82, 2.24) is 19.5 Å². The summed E-state index contributed by atoms with van der Waals surface area (Å²) in [5.41, 5.74) is 8.05. The van der Waals surface area contributed by atoms with Crippen LogP contribution in [0.3, 0.4) is 0 Å². The molecule has 2 heterocycles. The summed E-state index contributed by atoms with van der Waals surface area (Å²) in [5.74, 6) is 6.60. The van der Waals surface area contributed by atoms with Crippen LogP contribution in [0.1, 0.15) is 43.5 Å².